The molecule has 0 aliphatic carbocycles. The van der Waals surface area contributed by atoms with E-state index >= 15 is 0 Å². The summed E-state index contributed by atoms with van der Waals surface area (Å²) in [6.07, 6.45) is 0.210. The lowest BCUT2D eigenvalue weighted by Gasteiger charge is -2.41. The molecule has 2 rings (SSSR count). The van der Waals surface area contributed by atoms with Gasteiger partial charge in [-0.3, -0.25) is 0 Å². The Kier molecular flexibility index (Phi) is 3.81. The molecule has 1 aromatic rings. The fraction of sp³-hybridized carbons (Fsp3) is 0.600. The van der Waals surface area contributed by atoms with E-state index in [1.165, 1.54) is 5.69 Å². The number of nitrogens with one attached hydrogen (secondary N) is 1. The number of benzene rings is 1. The summed E-state index contributed by atoms with van der Waals surface area (Å²) >= 11 is 0. The molecule has 0 saturated carbocycles. The molecule has 1 fully saturated rings. The van der Waals surface area contributed by atoms with E-state index in [0.29, 0.717) is 0 Å². The van der Waals surface area contributed by atoms with Crippen LogP contribution in [0.1, 0.15) is 27.7 Å². The lowest BCUT2D eigenvalue weighted by atomic mass is 10.0. The van der Waals surface area contributed by atoms with E-state index < -0.39 is 0 Å². The topological polar surface area (TPSA) is 24.5 Å². The SMILES string of the molecule is CC(C)Oc1ccccc1N1CCNC(C)(C)C1. The molecule has 0 unspecified atom stereocenters. The Morgan fingerprint density at radius 2 is 2.00 bits per heavy atom. The van der Waals surface area contributed by atoms with Crippen molar-refractivity contribution in [3.05, 3.63) is 24.3 Å². The first kappa shape index (κ1) is 13.2. The Hall–Kier alpha value is -1.22. The summed E-state index contributed by atoms with van der Waals surface area (Å²) in [6.45, 7) is 11.7. The first-order chi connectivity index (χ1) is 8.48. The molecule has 1 N–H and O–H groups in total. The maximum absolute atomic E-state index is 5.90. The van der Waals surface area contributed by atoms with Gasteiger partial charge < -0.3 is 15.0 Å². The van der Waals surface area contributed by atoms with Gasteiger partial charge in [0.2, 0.25) is 0 Å². The van der Waals surface area contributed by atoms with Crippen LogP contribution in [0.4, 0.5) is 5.69 Å². The summed E-state index contributed by atoms with van der Waals surface area (Å²) in [4.78, 5) is 2.41. The smallest absolute Gasteiger partial charge is 0.142 e. The number of piperazine rings is 1. The van der Waals surface area contributed by atoms with E-state index in [9.17, 15) is 0 Å². The standard InChI is InChI=1S/C15H24N2O/c1-12(2)18-14-8-6-5-7-13(14)17-10-9-16-15(3,4)11-17/h5-8,12,16H,9-11H2,1-4H3. The number of hydrogen-bond donors (Lipinski definition) is 1. The largest absolute Gasteiger partial charge is 0.489 e. The number of rotatable bonds is 3. The summed E-state index contributed by atoms with van der Waals surface area (Å²) in [7, 11) is 0. The fourth-order valence-corrected chi connectivity index (χ4v) is 2.42. The van der Waals surface area contributed by atoms with Crippen molar-refractivity contribution in [2.75, 3.05) is 24.5 Å². The van der Waals surface area contributed by atoms with E-state index in [1.54, 1.807) is 0 Å². The third kappa shape index (κ3) is 3.16. The second kappa shape index (κ2) is 5.19. The molecule has 1 heterocycles. The highest BCUT2D eigenvalue weighted by atomic mass is 16.5. The highest BCUT2D eigenvalue weighted by Gasteiger charge is 2.27. The lowest BCUT2D eigenvalue weighted by molar-refractivity contribution is 0.241. The van der Waals surface area contributed by atoms with Gasteiger partial charge in [-0.1, -0.05) is 12.1 Å². The molecule has 1 saturated heterocycles. The van der Waals surface area contributed by atoms with E-state index in [0.717, 1.165) is 25.4 Å². The zero-order valence-electron chi connectivity index (χ0n) is 11.9. The Labute approximate surface area is 110 Å². The summed E-state index contributed by atoms with van der Waals surface area (Å²) in [5.74, 6) is 0.991. The molecular weight excluding hydrogens is 224 g/mol. The van der Waals surface area contributed by atoms with E-state index in [1.807, 2.05) is 6.07 Å². The molecule has 1 aliphatic rings. The molecule has 0 amide bonds. The summed E-state index contributed by atoms with van der Waals surface area (Å²) in [5, 5.41) is 3.54. The maximum Gasteiger partial charge on any atom is 0.142 e. The molecule has 3 heteroatoms. The average Bonchev–Trinajstić information content (AvgIpc) is 2.27. The van der Waals surface area contributed by atoms with Gasteiger partial charge in [0.25, 0.3) is 0 Å². The molecule has 0 aromatic heterocycles. The number of ether oxygens (including phenoxy) is 1. The molecule has 0 atom stereocenters. The lowest BCUT2D eigenvalue weighted by Crippen LogP contribution is -2.57. The molecule has 1 aliphatic heterocycles. The van der Waals surface area contributed by atoms with Crippen LogP contribution in [-0.2, 0) is 0 Å². The van der Waals surface area contributed by atoms with Gasteiger partial charge in [0, 0.05) is 25.2 Å². The number of hydrogen-bond acceptors (Lipinski definition) is 3. The van der Waals surface area contributed by atoms with Gasteiger partial charge in [0.05, 0.1) is 11.8 Å². The molecule has 0 radical (unpaired) electrons. The number of anilines is 1. The number of nitrogens with zero attached hydrogens (tertiary/aromatic N) is 1. The van der Waals surface area contributed by atoms with Crippen molar-refractivity contribution in [1.29, 1.82) is 0 Å². The summed E-state index contributed by atoms with van der Waals surface area (Å²) in [5.41, 5.74) is 1.36. The predicted octanol–water partition coefficient (Wildman–Crippen LogP) is 2.66. The Morgan fingerprint density at radius 3 is 2.67 bits per heavy atom. The van der Waals surface area contributed by atoms with Crippen LogP contribution >= 0.6 is 0 Å². The van der Waals surface area contributed by atoms with Crippen LogP contribution in [0, 0.1) is 0 Å². The van der Waals surface area contributed by atoms with Crippen LogP contribution in [-0.4, -0.2) is 31.3 Å². The third-order valence-electron chi connectivity index (χ3n) is 3.14. The molecule has 3 nitrogen and oxygen atoms in total. The van der Waals surface area contributed by atoms with Crippen LogP contribution in [0.5, 0.6) is 5.75 Å². The molecule has 0 bridgehead atoms. The van der Waals surface area contributed by atoms with Crippen LogP contribution in [0.3, 0.4) is 0 Å². The van der Waals surface area contributed by atoms with Gasteiger partial charge in [-0.25, -0.2) is 0 Å². The third-order valence-corrected chi connectivity index (χ3v) is 3.14. The van der Waals surface area contributed by atoms with Gasteiger partial charge in [-0.05, 0) is 39.8 Å². The van der Waals surface area contributed by atoms with E-state index in [-0.39, 0.29) is 11.6 Å². The van der Waals surface area contributed by atoms with Crippen molar-refractivity contribution in [2.24, 2.45) is 0 Å². The Morgan fingerprint density at radius 1 is 1.28 bits per heavy atom. The van der Waals surface area contributed by atoms with Crippen LogP contribution in [0.25, 0.3) is 0 Å². The van der Waals surface area contributed by atoms with E-state index in [4.69, 9.17) is 4.74 Å². The second-order valence-electron chi connectivity index (χ2n) is 5.87. The van der Waals surface area contributed by atoms with E-state index in [2.05, 4.69) is 56.1 Å². The second-order valence-corrected chi connectivity index (χ2v) is 5.87. The van der Waals surface area contributed by atoms with Gasteiger partial charge >= 0.3 is 0 Å². The Balaban J connectivity index is 2.21. The zero-order valence-corrected chi connectivity index (χ0v) is 11.9. The highest BCUT2D eigenvalue weighted by Crippen LogP contribution is 2.30. The number of para-hydroxylation sites is 2. The molecule has 100 valence electrons. The molecule has 18 heavy (non-hydrogen) atoms. The molecular formula is C15H24N2O. The monoisotopic (exact) mass is 248 g/mol. The average molecular weight is 248 g/mol. The minimum absolute atomic E-state index is 0.156. The zero-order chi connectivity index (χ0) is 13.2. The van der Waals surface area contributed by atoms with Crippen molar-refractivity contribution < 1.29 is 4.74 Å². The minimum atomic E-state index is 0.156. The molecule has 1 aromatic carbocycles. The van der Waals surface area contributed by atoms with Gasteiger partial charge in [0.15, 0.2) is 0 Å². The van der Waals surface area contributed by atoms with Crippen molar-refractivity contribution >= 4 is 5.69 Å². The first-order valence-corrected chi connectivity index (χ1v) is 6.74. The van der Waals surface area contributed by atoms with Crippen molar-refractivity contribution in [3.8, 4) is 5.75 Å². The van der Waals surface area contributed by atoms with Crippen molar-refractivity contribution in [2.45, 2.75) is 39.3 Å². The van der Waals surface area contributed by atoms with Crippen LogP contribution in [0.15, 0.2) is 24.3 Å². The minimum Gasteiger partial charge on any atom is -0.489 e. The summed E-state index contributed by atoms with van der Waals surface area (Å²) < 4.78 is 5.90. The van der Waals surface area contributed by atoms with Crippen molar-refractivity contribution in [1.82, 2.24) is 5.32 Å². The Bertz CT molecular complexity index is 401. The predicted molar refractivity (Wildman–Crippen MR) is 76.5 cm³/mol. The van der Waals surface area contributed by atoms with Crippen LogP contribution in [0.2, 0.25) is 0 Å². The fourth-order valence-electron chi connectivity index (χ4n) is 2.42. The van der Waals surface area contributed by atoms with Crippen LogP contribution < -0.4 is 15.0 Å². The first-order valence-electron chi connectivity index (χ1n) is 6.74. The normalized spacial score (nSPS) is 19.1. The quantitative estimate of drug-likeness (QED) is 0.890. The summed E-state index contributed by atoms with van der Waals surface area (Å²) in [6, 6.07) is 8.33. The highest BCUT2D eigenvalue weighted by molar-refractivity contribution is 5.59. The van der Waals surface area contributed by atoms with Gasteiger partial charge in [-0.15, -0.1) is 0 Å². The maximum atomic E-state index is 5.90. The van der Waals surface area contributed by atoms with Gasteiger partial charge in [0.1, 0.15) is 5.75 Å². The molecule has 0 spiro atoms. The van der Waals surface area contributed by atoms with Gasteiger partial charge in [-0.2, -0.15) is 0 Å². The van der Waals surface area contributed by atoms with Crippen molar-refractivity contribution in [3.63, 3.8) is 0 Å².